The molecule has 5 aromatic rings. The van der Waals surface area contributed by atoms with Gasteiger partial charge >= 0.3 is 0 Å². The molecule has 0 saturated heterocycles. The second-order valence-electron chi connectivity index (χ2n) is 9.06. The summed E-state index contributed by atoms with van der Waals surface area (Å²) in [5.74, 6) is -0.0760. The molecule has 1 aromatic heterocycles. The van der Waals surface area contributed by atoms with Crippen LogP contribution in [0.5, 0.6) is 0 Å². The summed E-state index contributed by atoms with van der Waals surface area (Å²) in [5, 5.41) is 3.72. The molecule has 0 saturated carbocycles. The molecule has 0 aliphatic rings. The highest BCUT2D eigenvalue weighted by atomic mass is 32.1. The number of aryl methyl sites for hydroxylation is 2. The molecule has 0 radical (unpaired) electrons. The molecule has 0 unspecified atom stereocenters. The fraction of sp³-hybridized carbons (Fsp3) is 0.125. The van der Waals surface area contributed by atoms with Crippen molar-refractivity contribution in [2.24, 2.45) is 0 Å². The Kier molecular flexibility index (Phi) is 7.06. The summed E-state index contributed by atoms with van der Waals surface area (Å²) in [7, 11) is 0. The first kappa shape index (κ1) is 23.7. The number of aromatic nitrogens is 1. The molecular formula is C32H28N2OS. The highest BCUT2D eigenvalue weighted by Gasteiger charge is 2.21. The molecule has 1 heterocycles. The van der Waals surface area contributed by atoms with E-state index < -0.39 is 0 Å². The largest absolute Gasteiger partial charge is 0.302 e. The third-order valence-electron chi connectivity index (χ3n) is 6.31. The van der Waals surface area contributed by atoms with Crippen molar-refractivity contribution >= 4 is 22.4 Å². The molecule has 178 valence electrons. The zero-order valence-electron chi connectivity index (χ0n) is 20.4. The first-order valence-corrected chi connectivity index (χ1v) is 12.9. The lowest BCUT2D eigenvalue weighted by molar-refractivity contribution is -0.116. The van der Waals surface area contributed by atoms with Gasteiger partial charge in [0.2, 0.25) is 5.91 Å². The number of nitrogens with zero attached hydrogens (tertiary/aromatic N) is 1. The van der Waals surface area contributed by atoms with Crippen LogP contribution in [-0.2, 0) is 4.79 Å². The SMILES string of the molecule is Cc1ccc(-c2nc(NC(=O)CC(c3ccccc3)c3ccccc3)sc2-c2ccc(C)cc2)cc1. The van der Waals surface area contributed by atoms with E-state index in [0.29, 0.717) is 11.6 Å². The third-order valence-corrected chi connectivity index (χ3v) is 7.33. The van der Waals surface area contributed by atoms with Crippen molar-refractivity contribution < 1.29 is 4.79 Å². The summed E-state index contributed by atoms with van der Waals surface area (Å²) in [6.07, 6.45) is 0.341. The van der Waals surface area contributed by atoms with Gasteiger partial charge in [0.05, 0.1) is 10.6 Å². The molecule has 0 atom stereocenters. The van der Waals surface area contributed by atoms with Gasteiger partial charge in [-0.3, -0.25) is 4.79 Å². The summed E-state index contributed by atoms with van der Waals surface area (Å²) in [6, 6.07) is 37.2. The van der Waals surface area contributed by atoms with Gasteiger partial charge in [0.25, 0.3) is 0 Å². The van der Waals surface area contributed by atoms with E-state index >= 15 is 0 Å². The normalized spacial score (nSPS) is 11.0. The molecule has 36 heavy (non-hydrogen) atoms. The Bertz CT molecular complexity index is 1340. The van der Waals surface area contributed by atoms with Gasteiger partial charge in [0.1, 0.15) is 0 Å². The van der Waals surface area contributed by atoms with E-state index in [1.807, 2.05) is 36.4 Å². The minimum atomic E-state index is -0.0487. The van der Waals surface area contributed by atoms with Gasteiger partial charge in [-0.1, -0.05) is 132 Å². The second kappa shape index (κ2) is 10.7. The Labute approximate surface area is 216 Å². The van der Waals surface area contributed by atoms with Gasteiger partial charge in [-0.2, -0.15) is 0 Å². The van der Waals surface area contributed by atoms with Crippen LogP contribution in [0.15, 0.2) is 109 Å². The summed E-state index contributed by atoms with van der Waals surface area (Å²) >= 11 is 1.52. The number of amides is 1. The van der Waals surface area contributed by atoms with Crippen LogP contribution < -0.4 is 5.32 Å². The topological polar surface area (TPSA) is 42.0 Å². The molecule has 0 aliphatic carbocycles. The van der Waals surface area contributed by atoms with E-state index in [9.17, 15) is 4.79 Å². The number of carbonyl (C=O) groups excluding carboxylic acids is 1. The smallest absolute Gasteiger partial charge is 0.227 e. The number of hydrogen-bond donors (Lipinski definition) is 1. The van der Waals surface area contributed by atoms with Crippen LogP contribution in [0.1, 0.15) is 34.6 Å². The lowest BCUT2D eigenvalue weighted by Gasteiger charge is -2.17. The number of thiazole rings is 1. The number of anilines is 1. The molecule has 3 nitrogen and oxygen atoms in total. The van der Waals surface area contributed by atoms with Crippen LogP contribution in [-0.4, -0.2) is 10.9 Å². The molecule has 5 rings (SSSR count). The van der Waals surface area contributed by atoms with Gasteiger partial charge in [-0.25, -0.2) is 4.98 Å². The standard InChI is InChI=1S/C32H28N2OS/c1-22-13-17-26(18-14-22)30-31(27-19-15-23(2)16-20-27)36-32(34-30)33-29(35)21-28(24-9-5-3-6-10-24)25-11-7-4-8-12-25/h3-20,28H,21H2,1-2H3,(H,33,34,35). The molecule has 1 amide bonds. The maximum Gasteiger partial charge on any atom is 0.227 e. The monoisotopic (exact) mass is 488 g/mol. The minimum Gasteiger partial charge on any atom is -0.302 e. The lowest BCUT2D eigenvalue weighted by Crippen LogP contribution is -2.16. The van der Waals surface area contributed by atoms with E-state index in [0.717, 1.165) is 32.8 Å². The number of rotatable bonds is 7. The highest BCUT2D eigenvalue weighted by molar-refractivity contribution is 7.19. The predicted octanol–water partition coefficient (Wildman–Crippen LogP) is 8.25. The summed E-state index contributed by atoms with van der Waals surface area (Å²) < 4.78 is 0. The first-order valence-electron chi connectivity index (χ1n) is 12.1. The molecule has 4 aromatic carbocycles. The average molecular weight is 489 g/mol. The Morgan fingerprint density at radius 3 is 1.75 bits per heavy atom. The van der Waals surface area contributed by atoms with Gasteiger partial charge in [-0.15, -0.1) is 0 Å². The van der Waals surface area contributed by atoms with Crippen LogP contribution in [0.4, 0.5) is 5.13 Å². The van der Waals surface area contributed by atoms with Gasteiger partial charge in [0, 0.05) is 17.9 Å². The van der Waals surface area contributed by atoms with Crippen molar-refractivity contribution in [2.45, 2.75) is 26.2 Å². The Hall–Kier alpha value is -4.02. The number of nitrogens with one attached hydrogen (secondary N) is 1. The second-order valence-corrected chi connectivity index (χ2v) is 10.1. The fourth-order valence-corrected chi connectivity index (χ4v) is 5.35. The van der Waals surface area contributed by atoms with E-state index in [2.05, 4.69) is 92.0 Å². The zero-order valence-corrected chi connectivity index (χ0v) is 21.3. The molecule has 0 spiro atoms. The predicted molar refractivity (Wildman–Crippen MR) is 150 cm³/mol. The van der Waals surface area contributed by atoms with Crippen LogP contribution in [0.2, 0.25) is 0 Å². The third kappa shape index (κ3) is 5.45. The minimum absolute atomic E-state index is 0.0273. The van der Waals surface area contributed by atoms with E-state index in [1.165, 1.54) is 22.5 Å². The van der Waals surface area contributed by atoms with Gasteiger partial charge in [-0.05, 0) is 30.5 Å². The lowest BCUT2D eigenvalue weighted by atomic mass is 9.88. The van der Waals surface area contributed by atoms with Crippen molar-refractivity contribution in [3.63, 3.8) is 0 Å². The van der Waals surface area contributed by atoms with Crippen LogP contribution in [0, 0.1) is 13.8 Å². The van der Waals surface area contributed by atoms with Crippen molar-refractivity contribution in [1.82, 2.24) is 4.98 Å². The fourth-order valence-electron chi connectivity index (χ4n) is 4.34. The van der Waals surface area contributed by atoms with Crippen molar-refractivity contribution in [3.05, 3.63) is 131 Å². The van der Waals surface area contributed by atoms with E-state index in [-0.39, 0.29) is 11.8 Å². The number of hydrogen-bond acceptors (Lipinski definition) is 3. The van der Waals surface area contributed by atoms with Gasteiger partial charge in [0.15, 0.2) is 5.13 Å². The van der Waals surface area contributed by atoms with Gasteiger partial charge < -0.3 is 5.32 Å². The highest BCUT2D eigenvalue weighted by Crippen LogP contribution is 2.39. The molecule has 0 fully saturated rings. The van der Waals surface area contributed by atoms with Crippen LogP contribution in [0.3, 0.4) is 0 Å². The Morgan fingerprint density at radius 2 is 1.22 bits per heavy atom. The Morgan fingerprint density at radius 1 is 0.722 bits per heavy atom. The van der Waals surface area contributed by atoms with E-state index in [1.54, 1.807) is 0 Å². The van der Waals surface area contributed by atoms with Crippen LogP contribution >= 0.6 is 11.3 Å². The Balaban J connectivity index is 1.45. The zero-order chi connectivity index (χ0) is 24.9. The van der Waals surface area contributed by atoms with E-state index in [4.69, 9.17) is 4.98 Å². The van der Waals surface area contributed by atoms with Crippen molar-refractivity contribution in [3.8, 4) is 21.7 Å². The van der Waals surface area contributed by atoms with Crippen LogP contribution in [0.25, 0.3) is 21.7 Å². The molecule has 0 bridgehead atoms. The summed E-state index contributed by atoms with van der Waals surface area (Å²) in [4.78, 5) is 19.2. The average Bonchev–Trinajstić information content (AvgIpc) is 3.32. The summed E-state index contributed by atoms with van der Waals surface area (Å²) in [5.41, 5.74) is 7.69. The number of benzene rings is 4. The van der Waals surface area contributed by atoms with Crippen molar-refractivity contribution in [1.29, 1.82) is 0 Å². The molecule has 0 aliphatic heterocycles. The quantitative estimate of drug-likeness (QED) is 0.251. The molecule has 4 heteroatoms. The van der Waals surface area contributed by atoms with Crippen molar-refractivity contribution in [2.75, 3.05) is 5.32 Å². The first-order chi connectivity index (χ1) is 17.6. The maximum atomic E-state index is 13.3. The maximum absolute atomic E-state index is 13.3. The number of carbonyl (C=O) groups is 1. The molecule has 1 N–H and O–H groups in total. The molecular weight excluding hydrogens is 460 g/mol. The summed E-state index contributed by atoms with van der Waals surface area (Å²) in [6.45, 7) is 4.16.